The van der Waals surface area contributed by atoms with Crippen molar-refractivity contribution in [1.29, 1.82) is 0 Å². The highest BCUT2D eigenvalue weighted by molar-refractivity contribution is 5.84. The van der Waals surface area contributed by atoms with E-state index >= 15 is 0 Å². The minimum Gasteiger partial charge on any atom is -0.347 e. The zero-order valence-corrected chi connectivity index (χ0v) is 13.1. The van der Waals surface area contributed by atoms with Crippen molar-refractivity contribution in [1.82, 2.24) is 9.47 Å². The first kappa shape index (κ1) is 14.6. The van der Waals surface area contributed by atoms with E-state index in [4.69, 9.17) is 5.73 Å². The molecule has 114 valence electrons. The summed E-state index contributed by atoms with van der Waals surface area (Å²) in [6.07, 6.45) is 7.31. The maximum atomic E-state index is 5.67. The van der Waals surface area contributed by atoms with Crippen LogP contribution in [0.5, 0.6) is 0 Å². The van der Waals surface area contributed by atoms with Crippen molar-refractivity contribution >= 4 is 10.9 Å². The van der Waals surface area contributed by atoms with Gasteiger partial charge in [-0.3, -0.25) is 0 Å². The lowest BCUT2D eigenvalue weighted by Gasteiger charge is -2.13. The van der Waals surface area contributed by atoms with Gasteiger partial charge in [-0.1, -0.05) is 11.6 Å². The quantitative estimate of drug-likeness (QED) is 0.885. The highest BCUT2D eigenvalue weighted by Gasteiger charge is 2.13. The largest absolute Gasteiger partial charge is 0.347 e. The van der Waals surface area contributed by atoms with Gasteiger partial charge in [-0.05, 0) is 69.9 Å². The van der Waals surface area contributed by atoms with Crippen LogP contribution in [0.4, 0.5) is 0 Å². The van der Waals surface area contributed by atoms with Crippen molar-refractivity contribution < 1.29 is 0 Å². The molecule has 0 saturated carbocycles. The topological polar surface area (TPSA) is 34.2 Å². The second-order valence-corrected chi connectivity index (χ2v) is 6.31. The lowest BCUT2D eigenvalue weighted by molar-refractivity contribution is 0.344. The Morgan fingerprint density at radius 3 is 2.71 bits per heavy atom. The number of hydrogen-bond donors (Lipinski definition) is 1. The molecule has 0 atom stereocenters. The summed E-state index contributed by atoms with van der Waals surface area (Å²) in [6, 6.07) is 6.82. The normalized spacial score (nSPS) is 16.1. The highest BCUT2D eigenvalue weighted by Crippen LogP contribution is 2.24. The second kappa shape index (κ2) is 6.63. The van der Waals surface area contributed by atoms with Crippen molar-refractivity contribution in [3.63, 3.8) is 0 Å². The van der Waals surface area contributed by atoms with E-state index in [2.05, 4.69) is 40.8 Å². The number of hydrogen-bond acceptors (Lipinski definition) is 2. The van der Waals surface area contributed by atoms with Crippen LogP contribution in [0.15, 0.2) is 24.4 Å². The van der Waals surface area contributed by atoms with E-state index in [1.54, 1.807) is 0 Å². The van der Waals surface area contributed by atoms with Crippen LogP contribution in [0, 0.1) is 6.92 Å². The fourth-order valence-corrected chi connectivity index (χ4v) is 3.42. The molecule has 3 nitrogen and oxygen atoms in total. The Morgan fingerprint density at radius 1 is 1.14 bits per heavy atom. The Morgan fingerprint density at radius 2 is 1.95 bits per heavy atom. The van der Waals surface area contributed by atoms with Gasteiger partial charge in [0.1, 0.15) is 0 Å². The molecule has 0 spiro atoms. The third-order valence-corrected chi connectivity index (χ3v) is 4.62. The summed E-state index contributed by atoms with van der Waals surface area (Å²) >= 11 is 0. The number of nitrogens with two attached hydrogens (primary N) is 1. The summed E-state index contributed by atoms with van der Waals surface area (Å²) in [6.45, 7) is 7.73. The van der Waals surface area contributed by atoms with Crippen LogP contribution in [0.3, 0.4) is 0 Å². The Balaban J connectivity index is 1.83. The predicted molar refractivity (Wildman–Crippen MR) is 89.7 cm³/mol. The summed E-state index contributed by atoms with van der Waals surface area (Å²) in [5.41, 5.74) is 9.89. The minimum atomic E-state index is 0.759. The molecule has 0 aliphatic carbocycles. The van der Waals surface area contributed by atoms with Crippen LogP contribution < -0.4 is 5.73 Å². The summed E-state index contributed by atoms with van der Waals surface area (Å²) in [5.74, 6) is 0. The smallest absolute Gasteiger partial charge is 0.0483 e. The average molecular weight is 285 g/mol. The summed E-state index contributed by atoms with van der Waals surface area (Å²) in [7, 11) is 0. The van der Waals surface area contributed by atoms with Gasteiger partial charge in [0, 0.05) is 30.2 Å². The van der Waals surface area contributed by atoms with E-state index in [1.165, 1.54) is 54.5 Å². The average Bonchev–Trinajstić information content (AvgIpc) is 3.10. The van der Waals surface area contributed by atoms with Gasteiger partial charge in [0.15, 0.2) is 0 Å². The van der Waals surface area contributed by atoms with E-state index in [-0.39, 0.29) is 0 Å². The van der Waals surface area contributed by atoms with E-state index < -0.39 is 0 Å². The van der Waals surface area contributed by atoms with Crippen LogP contribution >= 0.6 is 0 Å². The molecule has 0 amide bonds. The fraction of sp³-hybridized carbons (Fsp3) is 0.556. The lowest BCUT2D eigenvalue weighted by atomic mass is 10.1. The SMILES string of the molecule is Cc1ccc2c(c1)c(CCN1CCCC1)cn2CCCN. The van der Waals surface area contributed by atoms with Crippen LogP contribution in [0.1, 0.15) is 30.4 Å². The number of nitrogens with zero attached hydrogens (tertiary/aromatic N) is 2. The van der Waals surface area contributed by atoms with Crippen molar-refractivity contribution in [2.45, 2.75) is 39.2 Å². The van der Waals surface area contributed by atoms with Gasteiger partial charge in [-0.2, -0.15) is 0 Å². The Labute approximate surface area is 127 Å². The van der Waals surface area contributed by atoms with Gasteiger partial charge in [0.2, 0.25) is 0 Å². The van der Waals surface area contributed by atoms with Gasteiger partial charge in [-0.15, -0.1) is 0 Å². The first-order valence-corrected chi connectivity index (χ1v) is 8.29. The fourth-order valence-electron chi connectivity index (χ4n) is 3.42. The number of likely N-dealkylation sites (tertiary alicyclic amines) is 1. The first-order chi connectivity index (χ1) is 10.3. The second-order valence-electron chi connectivity index (χ2n) is 6.31. The molecule has 1 aromatic heterocycles. The van der Waals surface area contributed by atoms with E-state index in [0.29, 0.717) is 0 Å². The summed E-state index contributed by atoms with van der Waals surface area (Å²) < 4.78 is 2.39. The Hall–Kier alpha value is -1.32. The number of aromatic nitrogens is 1. The first-order valence-electron chi connectivity index (χ1n) is 8.29. The Bertz CT molecular complexity index is 594. The van der Waals surface area contributed by atoms with Gasteiger partial charge < -0.3 is 15.2 Å². The summed E-state index contributed by atoms with van der Waals surface area (Å²) in [4.78, 5) is 2.60. The third kappa shape index (κ3) is 3.30. The van der Waals surface area contributed by atoms with Gasteiger partial charge in [0.25, 0.3) is 0 Å². The molecule has 1 aromatic carbocycles. The predicted octanol–water partition coefficient (Wildman–Crippen LogP) is 2.94. The van der Waals surface area contributed by atoms with Crippen molar-refractivity contribution in [3.8, 4) is 0 Å². The molecule has 0 unspecified atom stereocenters. The molecule has 3 heteroatoms. The standard InChI is InChI=1S/C18H27N3/c1-15-5-6-18-17(13-15)16(14-21(18)11-4-8-19)7-12-20-9-2-3-10-20/h5-6,13-14H,2-4,7-12,19H2,1H3. The van der Waals surface area contributed by atoms with Crippen LogP contribution in [0.25, 0.3) is 10.9 Å². The lowest BCUT2D eigenvalue weighted by Crippen LogP contribution is -2.21. The molecule has 0 radical (unpaired) electrons. The number of aryl methyl sites for hydroxylation is 2. The molecule has 21 heavy (non-hydrogen) atoms. The van der Waals surface area contributed by atoms with Crippen LogP contribution in [0.2, 0.25) is 0 Å². The molecule has 1 aliphatic heterocycles. The van der Waals surface area contributed by atoms with Crippen molar-refractivity contribution in [3.05, 3.63) is 35.5 Å². The monoisotopic (exact) mass is 285 g/mol. The molecule has 2 heterocycles. The van der Waals surface area contributed by atoms with Crippen molar-refractivity contribution in [2.75, 3.05) is 26.2 Å². The van der Waals surface area contributed by atoms with E-state index in [1.807, 2.05) is 0 Å². The van der Waals surface area contributed by atoms with E-state index in [9.17, 15) is 0 Å². The zero-order valence-electron chi connectivity index (χ0n) is 13.1. The molecule has 3 rings (SSSR count). The number of benzene rings is 1. The zero-order chi connectivity index (χ0) is 14.7. The molecular weight excluding hydrogens is 258 g/mol. The van der Waals surface area contributed by atoms with Crippen LogP contribution in [-0.4, -0.2) is 35.6 Å². The van der Waals surface area contributed by atoms with Crippen LogP contribution in [-0.2, 0) is 13.0 Å². The number of rotatable bonds is 6. The molecule has 2 aromatic rings. The minimum absolute atomic E-state index is 0.759. The molecule has 0 bridgehead atoms. The number of fused-ring (bicyclic) bond motifs is 1. The molecule has 1 saturated heterocycles. The maximum absolute atomic E-state index is 5.67. The Kier molecular flexibility index (Phi) is 4.61. The molecular formula is C18H27N3. The highest BCUT2D eigenvalue weighted by atomic mass is 15.1. The van der Waals surface area contributed by atoms with E-state index in [0.717, 1.165) is 25.9 Å². The molecule has 1 fully saturated rings. The van der Waals surface area contributed by atoms with Gasteiger partial charge in [0.05, 0.1) is 0 Å². The third-order valence-electron chi connectivity index (χ3n) is 4.62. The molecule has 1 aliphatic rings. The van der Waals surface area contributed by atoms with Crippen molar-refractivity contribution in [2.24, 2.45) is 5.73 Å². The molecule has 2 N–H and O–H groups in total. The van der Waals surface area contributed by atoms with Gasteiger partial charge >= 0.3 is 0 Å². The van der Waals surface area contributed by atoms with Gasteiger partial charge in [-0.25, -0.2) is 0 Å². The summed E-state index contributed by atoms with van der Waals surface area (Å²) in [5, 5.41) is 1.44. The maximum Gasteiger partial charge on any atom is 0.0483 e.